The Morgan fingerprint density at radius 2 is 1.83 bits per heavy atom. The second-order valence-electron chi connectivity index (χ2n) is 5.72. The number of carbonyl (C=O) groups is 1. The third kappa shape index (κ3) is 2.90. The number of carbonyl (C=O) groups excluding carboxylic acids is 1. The van der Waals surface area contributed by atoms with Gasteiger partial charge in [0.15, 0.2) is 0 Å². The number of ether oxygens (including phenoxy) is 1. The lowest BCUT2D eigenvalue weighted by molar-refractivity contribution is 0.0772. The predicted molar refractivity (Wildman–Crippen MR) is 88.7 cm³/mol. The van der Waals surface area contributed by atoms with Crippen molar-refractivity contribution in [3.05, 3.63) is 60.7 Å². The first-order chi connectivity index (χ1) is 11.8. The zero-order valence-electron chi connectivity index (χ0n) is 13.0. The summed E-state index contributed by atoms with van der Waals surface area (Å²) >= 11 is 0. The highest BCUT2D eigenvalue weighted by Gasteiger charge is 2.28. The van der Waals surface area contributed by atoms with Crippen LogP contribution in [0.3, 0.4) is 0 Å². The maximum Gasteiger partial charge on any atom is 0.254 e. The zero-order valence-corrected chi connectivity index (χ0v) is 13.0. The highest BCUT2D eigenvalue weighted by Crippen LogP contribution is 2.20. The number of nitrogens with zero attached hydrogens (tertiary/aromatic N) is 4. The first-order valence-corrected chi connectivity index (χ1v) is 7.86. The summed E-state index contributed by atoms with van der Waals surface area (Å²) in [5.41, 5.74) is 2.15. The van der Waals surface area contributed by atoms with E-state index >= 15 is 0 Å². The highest BCUT2D eigenvalue weighted by atomic mass is 16.5. The molecule has 120 valence electrons. The minimum Gasteiger partial charge on any atom is -0.488 e. The monoisotopic (exact) mass is 320 g/mol. The summed E-state index contributed by atoms with van der Waals surface area (Å²) in [6.07, 6.45) is 7.50. The van der Waals surface area contributed by atoms with Crippen LogP contribution in [0, 0.1) is 0 Å². The molecule has 2 aromatic heterocycles. The van der Waals surface area contributed by atoms with Crippen LogP contribution in [0.2, 0.25) is 0 Å². The number of fused-ring (bicyclic) bond motifs is 1. The van der Waals surface area contributed by atoms with E-state index in [0.717, 1.165) is 23.2 Å². The average molecular weight is 320 g/mol. The molecule has 1 aromatic carbocycles. The van der Waals surface area contributed by atoms with E-state index in [0.29, 0.717) is 18.7 Å². The molecule has 0 N–H and O–H groups in total. The summed E-state index contributed by atoms with van der Waals surface area (Å²) in [5.74, 6) is 0.786. The minimum absolute atomic E-state index is 0.00313. The van der Waals surface area contributed by atoms with Crippen molar-refractivity contribution in [2.45, 2.75) is 12.5 Å². The quantitative estimate of drug-likeness (QED) is 0.741. The molecule has 3 heterocycles. The van der Waals surface area contributed by atoms with Crippen molar-refractivity contribution in [2.75, 3.05) is 13.1 Å². The largest absolute Gasteiger partial charge is 0.488 e. The van der Waals surface area contributed by atoms with E-state index < -0.39 is 0 Å². The standard InChI is InChI=1S/C18H16N4O2/c23-18(13-1-2-16-17(11-13)21-9-8-20-16)22-10-5-15(12-22)24-14-3-6-19-7-4-14/h1-4,6-9,11,15H,5,10,12H2/t15-/m0/s1. The van der Waals surface area contributed by atoms with Crippen molar-refractivity contribution in [1.29, 1.82) is 0 Å². The van der Waals surface area contributed by atoms with Crippen LogP contribution < -0.4 is 4.74 Å². The molecule has 0 saturated carbocycles. The van der Waals surface area contributed by atoms with Gasteiger partial charge in [-0.3, -0.25) is 19.7 Å². The molecule has 0 aliphatic carbocycles. The van der Waals surface area contributed by atoms with Crippen LogP contribution in [0.4, 0.5) is 0 Å². The normalized spacial score (nSPS) is 17.2. The molecule has 1 fully saturated rings. The number of hydrogen-bond acceptors (Lipinski definition) is 5. The maximum atomic E-state index is 12.7. The van der Waals surface area contributed by atoms with Crippen molar-refractivity contribution >= 4 is 16.9 Å². The van der Waals surface area contributed by atoms with E-state index in [1.54, 1.807) is 36.9 Å². The van der Waals surface area contributed by atoms with Crippen LogP contribution in [0.15, 0.2) is 55.1 Å². The van der Waals surface area contributed by atoms with Gasteiger partial charge in [-0.05, 0) is 30.3 Å². The van der Waals surface area contributed by atoms with Crippen LogP contribution in [-0.4, -0.2) is 45.0 Å². The maximum absolute atomic E-state index is 12.7. The Morgan fingerprint density at radius 1 is 1.04 bits per heavy atom. The van der Waals surface area contributed by atoms with Crippen LogP contribution in [-0.2, 0) is 0 Å². The van der Waals surface area contributed by atoms with E-state index in [-0.39, 0.29) is 12.0 Å². The van der Waals surface area contributed by atoms with Crippen LogP contribution in [0.5, 0.6) is 5.75 Å². The van der Waals surface area contributed by atoms with Gasteiger partial charge in [0.05, 0.1) is 17.6 Å². The number of amides is 1. The predicted octanol–water partition coefficient (Wildman–Crippen LogP) is 2.32. The molecule has 0 spiro atoms. The van der Waals surface area contributed by atoms with Gasteiger partial charge in [-0.2, -0.15) is 0 Å². The molecule has 6 nitrogen and oxygen atoms in total. The summed E-state index contributed by atoms with van der Waals surface area (Å²) in [5, 5.41) is 0. The molecule has 0 bridgehead atoms. The lowest BCUT2D eigenvalue weighted by atomic mass is 10.1. The Labute approximate surface area is 139 Å². The molecular formula is C18H16N4O2. The molecule has 3 aromatic rings. The molecule has 1 aliphatic heterocycles. The van der Waals surface area contributed by atoms with Crippen LogP contribution in [0.1, 0.15) is 16.8 Å². The lowest BCUT2D eigenvalue weighted by Gasteiger charge is -2.17. The average Bonchev–Trinajstić information content (AvgIpc) is 3.10. The number of pyridine rings is 1. The minimum atomic E-state index is 0.00313. The van der Waals surface area contributed by atoms with Gasteiger partial charge in [0.1, 0.15) is 11.9 Å². The Hall–Kier alpha value is -3.02. The second-order valence-corrected chi connectivity index (χ2v) is 5.72. The third-order valence-electron chi connectivity index (χ3n) is 4.10. The van der Waals surface area contributed by atoms with E-state index in [9.17, 15) is 4.79 Å². The van der Waals surface area contributed by atoms with Crippen molar-refractivity contribution in [3.8, 4) is 5.75 Å². The number of aromatic nitrogens is 3. The Kier molecular flexibility index (Phi) is 3.78. The molecule has 1 amide bonds. The first-order valence-electron chi connectivity index (χ1n) is 7.86. The lowest BCUT2D eigenvalue weighted by Crippen LogP contribution is -2.30. The third-order valence-corrected chi connectivity index (χ3v) is 4.10. The Balaban J connectivity index is 1.46. The SMILES string of the molecule is O=C(c1ccc2nccnc2c1)N1CC[C@H](Oc2ccncc2)C1. The molecule has 4 rings (SSSR count). The van der Waals surface area contributed by atoms with E-state index in [2.05, 4.69) is 15.0 Å². The summed E-state index contributed by atoms with van der Waals surface area (Å²) in [7, 11) is 0. The zero-order chi connectivity index (χ0) is 16.4. The molecule has 1 atom stereocenters. The van der Waals surface area contributed by atoms with Crippen LogP contribution in [0.25, 0.3) is 11.0 Å². The summed E-state index contributed by atoms with van der Waals surface area (Å²) in [4.78, 5) is 27.0. The van der Waals surface area contributed by atoms with Gasteiger partial charge in [-0.1, -0.05) is 0 Å². The van der Waals surface area contributed by atoms with Crippen molar-refractivity contribution < 1.29 is 9.53 Å². The molecule has 0 unspecified atom stereocenters. The molecular weight excluding hydrogens is 304 g/mol. The number of rotatable bonds is 3. The van der Waals surface area contributed by atoms with Gasteiger partial charge in [-0.15, -0.1) is 0 Å². The molecule has 6 heteroatoms. The molecule has 1 aliphatic rings. The van der Waals surface area contributed by atoms with E-state index in [4.69, 9.17) is 4.74 Å². The van der Waals surface area contributed by atoms with Crippen LogP contribution >= 0.6 is 0 Å². The van der Waals surface area contributed by atoms with Crippen molar-refractivity contribution in [2.24, 2.45) is 0 Å². The summed E-state index contributed by atoms with van der Waals surface area (Å²) in [6, 6.07) is 9.08. The van der Waals surface area contributed by atoms with Gasteiger partial charge < -0.3 is 9.64 Å². The summed E-state index contributed by atoms with van der Waals surface area (Å²) < 4.78 is 5.91. The Bertz CT molecular complexity index is 869. The van der Waals surface area contributed by atoms with Crippen molar-refractivity contribution in [1.82, 2.24) is 19.9 Å². The number of likely N-dealkylation sites (tertiary alicyclic amines) is 1. The van der Waals surface area contributed by atoms with Gasteiger partial charge in [-0.25, -0.2) is 0 Å². The fourth-order valence-corrected chi connectivity index (χ4v) is 2.90. The highest BCUT2D eigenvalue weighted by molar-refractivity contribution is 5.97. The van der Waals surface area contributed by atoms with Gasteiger partial charge in [0.2, 0.25) is 0 Å². The fourth-order valence-electron chi connectivity index (χ4n) is 2.90. The van der Waals surface area contributed by atoms with Gasteiger partial charge >= 0.3 is 0 Å². The van der Waals surface area contributed by atoms with Gasteiger partial charge in [0.25, 0.3) is 5.91 Å². The topological polar surface area (TPSA) is 68.2 Å². The van der Waals surface area contributed by atoms with Crippen molar-refractivity contribution in [3.63, 3.8) is 0 Å². The summed E-state index contributed by atoms with van der Waals surface area (Å²) in [6.45, 7) is 1.27. The van der Waals surface area contributed by atoms with Gasteiger partial charge in [0, 0.05) is 43.3 Å². The molecule has 1 saturated heterocycles. The van der Waals surface area contributed by atoms with E-state index in [1.165, 1.54) is 0 Å². The molecule has 0 radical (unpaired) electrons. The van der Waals surface area contributed by atoms with E-state index in [1.807, 2.05) is 23.1 Å². The molecule has 24 heavy (non-hydrogen) atoms. The second kappa shape index (κ2) is 6.23. The number of hydrogen-bond donors (Lipinski definition) is 0. The fraction of sp³-hybridized carbons (Fsp3) is 0.222. The number of benzene rings is 1. The Morgan fingerprint density at radius 3 is 2.67 bits per heavy atom. The smallest absolute Gasteiger partial charge is 0.254 e. The first kappa shape index (κ1) is 14.6.